The highest BCUT2D eigenvalue weighted by Crippen LogP contribution is 2.29. The van der Waals surface area contributed by atoms with Crippen molar-refractivity contribution in [3.63, 3.8) is 0 Å². The van der Waals surface area contributed by atoms with E-state index in [-0.39, 0.29) is 0 Å². The van der Waals surface area contributed by atoms with Crippen molar-refractivity contribution >= 4 is 34.9 Å². The van der Waals surface area contributed by atoms with Crippen LogP contribution in [0.5, 0.6) is 0 Å². The molecule has 0 bridgehead atoms. The zero-order valence-corrected chi connectivity index (χ0v) is 21.1. The summed E-state index contributed by atoms with van der Waals surface area (Å²) in [4.78, 5) is 14.8. The maximum Gasteiger partial charge on any atom is 0.164 e. The Morgan fingerprint density at radius 2 is 0.692 bits per heavy atom. The standard InChI is InChI=1S/C35H22BN3/c36-32-19-17-26(18-20-32)25-9-13-27(14-10-25)33-37-34(30-15-11-23-5-1-3-7-28(23)21-30)39-35(38-33)31-16-12-24-6-2-4-8-29(24)22-31/h1-22H. The molecule has 180 valence electrons. The van der Waals surface area contributed by atoms with Gasteiger partial charge in [0, 0.05) is 16.7 Å². The molecule has 39 heavy (non-hydrogen) atoms. The number of rotatable bonds is 4. The predicted octanol–water partition coefficient (Wildman–Crippen LogP) is 7.64. The summed E-state index contributed by atoms with van der Waals surface area (Å²) >= 11 is 0. The largest absolute Gasteiger partial charge is 0.208 e. The second kappa shape index (κ2) is 9.66. The first-order chi connectivity index (χ1) is 19.2. The van der Waals surface area contributed by atoms with Gasteiger partial charge in [0.2, 0.25) is 0 Å². The lowest BCUT2D eigenvalue weighted by atomic mass is 9.93. The van der Waals surface area contributed by atoms with Crippen LogP contribution >= 0.6 is 0 Å². The van der Waals surface area contributed by atoms with E-state index in [1.807, 2.05) is 36.4 Å². The third-order valence-electron chi connectivity index (χ3n) is 7.04. The zero-order valence-electron chi connectivity index (χ0n) is 21.1. The van der Waals surface area contributed by atoms with Gasteiger partial charge in [-0.25, -0.2) is 15.0 Å². The summed E-state index contributed by atoms with van der Waals surface area (Å²) in [6, 6.07) is 45.5. The van der Waals surface area contributed by atoms with E-state index in [4.69, 9.17) is 22.8 Å². The van der Waals surface area contributed by atoms with Crippen LogP contribution in [0.4, 0.5) is 0 Å². The summed E-state index contributed by atoms with van der Waals surface area (Å²) in [5, 5.41) is 4.67. The highest BCUT2D eigenvalue weighted by molar-refractivity contribution is 6.32. The van der Waals surface area contributed by atoms with Crippen molar-refractivity contribution in [2.75, 3.05) is 0 Å². The van der Waals surface area contributed by atoms with Crippen molar-refractivity contribution in [3.8, 4) is 45.3 Å². The van der Waals surface area contributed by atoms with Gasteiger partial charge in [-0.2, -0.15) is 0 Å². The van der Waals surface area contributed by atoms with Crippen LogP contribution in [-0.2, 0) is 0 Å². The van der Waals surface area contributed by atoms with Gasteiger partial charge in [0.15, 0.2) is 17.5 Å². The quantitative estimate of drug-likeness (QED) is 0.236. The molecule has 0 saturated heterocycles. The van der Waals surface area contributed by atoms with Gasteiger partial charge in [-0.15, -0.1) is 0 Å². The minimum absolute atomic E-state index is 0.639. The first-order valence-corrected chi connectivity index (χ1v) is 12.9. The fraction of sp³-hybridized carbons (Fsp3) is 0. The molecule has 0 amide bonds. The minimum atomic E-state index is 0.639. The maximum atomic E-state index is 5.87. The van der Waals surface area contributed by atoms with Crippen molar-refractivity contribution in [1.82, 2.24) is 15.0 Å². The molecule has 1 aromatic heterocycles. The fourth-order valence-corrected chi connectivity index (χ4v) is 4.91. The average Bonchev–Trinajstić information content (AvgIpc) is 3.01. The Balaban J connectivity index is 1.36. The number of hydrogen-bond acceptors (Lipinski definition) is 3. The summed E-state index contributed by atoms with van der Waals surface area (Å²) in [5.74, 6) is 1.94. The Morgan fingerprint density at radius 1 is 0.333 bits per heavy atom. The molecule has 4 heteroatoms. The van der Waals surface area contributed by atoms with E-state index in [9.17, 15) is 0 Å². The number of hydrogen-bond donors (Lipinski definition) is 0. The molecule has 0 unspecified atom stereocenters. The van der Waals surface area contributed by atoms with Gasteiger partial charge < -0.3 is 0 Å². The van der Waals surface area contributed by atoms with Gasteiger partial charge in [-0.1, -0.05) is 127 Å². The van der Waals surface area contributed by atoms with Crippen molar-refractivity contribution in [1.29, 1.82) is 0 Å². The van der Waals surface area contributed by atoms with Crippen LogP contribution in [-0.4, -0.2) is 22.8 Å². The van der Waals surface area contributed by atoms with Gasteiger partial charge >= 0.3 is 0 Å². The molecular weight excluding hydrogens is 473 g/mol. The second-order valence-electron chi connectivity index (χ2n) is 9.63. The molecule has 0 aliphatic rings. The molecule has 1 heterocycles. The molecule has 0 N–H and O–H groups in total. The van der Waals surface area contributed by atoms with Gasteiger partial charge in [-0.05, 0) is 44.8 Å². The third kappa shape index (κ3) is 4.58. The second-order valence-corrected chi connectivity index (χ2v) is 9.63. The maximum absolute atomic E-state index is 5.87. The smallest absolute Gasteiger partial charge is 0.164 e. The topological polar surface area (TPSA) is 38.7 Å². The van der Waals surface area contributed by atoms with Gasteiger partial charge in [-0.3, -0.25) is 0 Å². The molecule has 7 aromatic rings. The summed E-state index contributed by atoms with van der Waals surface area (Å²) < 4.78 is 0. The van der Waals surface area contributed by atoms with E-state index in [2.05, 4.69) is 97.1 Å². The van der Waals surface area contributed by atoms with Crippen LogP contribution in [0.2, 0.25) is 0 Å². The van der Waals surface area contributed by atoms with E-state index in [0.717, 1.165) is 44.1 Å². The molecule has 6 aromatic carbocycles. The van der Waals surface area contributed by atoms with E-state index in [1.165, 1.54) is 10.8 Å². The molecule has 0 fully saturated rings. The highest BCUT2D eigenvalue weighted by Gasteiger charge is 2.13. The Hall–Kier alpha value is -5.09. The van der Waals surface area contributed by atoms with E-state index in [0.29, 0.717) is 17.5 Å². The molecule has 7 rings (SSSR count). The van der Waals surface area contributed by atoms with Crippen molar-refractivity contribution < 1.29 is 0 Å². The van der Waals surface area contributed by atoms with Crippen molar-refractivity contribution in [2.45, 2.75) is 0 Å². The summed E-state index contributed by atoms with van der Waals surface area (Å²) in [5.41, 5.74) is 5.82. The van der Waals surface area contributed by atoms with Gasteiger partial charge in [0.05, 0.1) is 0 Å². The molecule has 0 aliphatic carbocycles. The van der Waals surface area contributed by atoms with E-state index < -0.39 is 0 Å². The molecular formula is C35H22BN3. The Labute approximate surface area is 228 Å². The Kier molecular flexibility index (Phi) is 5.71. The molecule has 0 atom stereocenters. The van der Waals surface area contributed by atoms with Crippen LogP contribution in [0.25, 0.3) is 66.8 Å². The first-order valence-electron chi connectivity index (χ1n) is 12.9. The fourth-order valence-electron chi connectivity index (χ4n) is 4.91. The predicted molar refractivity (Wildman–Crippen MR) is 162 cm³/mol. The van der Waals surface area contributed by atoms with Crippen molar-refractivity contribution in [2.24, 2.45) is 0 Å². The Morgan fingerprint density at radius 3 is 1.18 bits per heavy atom. The molecule has 0 aliphatic heterocycles. The minimum Gasteiger partial charge on any atom is -0.208 e. The Bertz CT molecular complexity index is 1860. The number of nitrogens with zero attached hydrogens (tertiary/aromatic N) is 3. The van der Waals surface area contributed by atoms with Crippen LogP contribution in [0, 0.1) is 0 Å². The lowest BCUT2D eigenvalue weighted by molar-refractivity contribution is 1.08. The average molecular weight is 495 g/mol. The molecule has 0 spiro atoms. The normalized spacial score (nSPS) is 11.2. The van der Waals surface area contributed by atoms with Crippen LogP contribution in [0.1, 0.15) is 0 Å². The third-order valence-corrected chi connectivity index (χ3v) is 7.04. The lowest BCUT2D eigenvalue weighted by Crippen LogP contribution is -2.00. The van der Waals surface area contributed by atoms with Gasteiger partial charge in [0.25, 0.3) is 0 Å². The number of fused-ring (bicyclic) bond motifs is 2. The van der Waals surface area contributed by atoms with Crippen LogP contribution in [0.3, 0.4) is 0 Å². The molecule has 0 saturated carbocycles. The number of aromatic nitrogens is 3. The SMILES string of the molecule is [B]c1ccc(-c2ccc(-c3nc(-c4ccc5ccccc5c4)nc(-c4ccc5ccccc5c4)n3)cc2)cc1. The van der Waals surface area contributed by atoms with Crippen LogP contribution in [0.15, 0.2) is 133 Å². The lowest BCUT2D eigenvalue weighted by Gasteiger charge is -2.10. The molecule has 2 radical (unpaired) electrons. The van der Waals surface area contributed by atoms with Crippen LogP contribution < -0.4 is 5.46 Å². The summed E-state index contributed by atoms with van der Waals surface area (Å²) in [6.45, 7) is 0. The highest BCUT2D eigenvalue weighted by atomic mass is 15.0. The summed E-state index contributed by atoms with van der Waals surface area (Å²) in [7, 11) is 5.87. The first kappa shape index (κ1) is 23.1. The van der Waals surface area contributed by atoms with E-state index in [1.54, 1.807) is 0 Å². The monoisotopic (exact) mass is 495 g/mol. The summed E-state index contributed by atoms with van der Waals surface area (Å²) in [6.07, 6.45) is 0. The number of benzene rings is 6. The van der Waals surface area contributed by atoms with Crippen molar-refractivity contribution in [3.05, 3.63) is 133 Å². The van der Waals surface area contributed by atoms with E-state index >= 15 is 0 Å². The molecule has 3 nitrogen and oxygen atoms in total. The zero-order chi connectivity index (χ0) is 26.2. The van der Waals surface area contributed by atoms with Gasteiger partial charge in [0.1, 0.15) is 7.85 Å².